The molecule has 1 saturated carbocycles. The number of fused-ring (bicyclic) bond motifs is 3. The second-order valence-electron chi connectivity index (χ2n) is 12.0. The quantitative estimate of drug-likeness (QED) is 0.265. The highest BCUT2D eigenvalue weighted by Crippen LogP contribution is 2.48. The van der Waals surface area contributed by atoms with Crippen molar-refractivity contribution in [2.75, 3.05) is 50.0 Å². The maximum Gasteiger partial charge on any atom is 0.417 e. The van der Waals surface area contributed by atoms with E-state index in [1.807, 2.05) is 0 Å². The van der Waals surface area contributed by atoms with E-state index in [4.69, 9.17) is 29.5 Å². The second-order valence-corrected chi connectivity index (χ2v) is 12.4. The maximum atomic E-state index is 16.7. The number of nitrogen functional groups attached to an aromatic ring is 1. The highest BCUT2D eigenvalue weighted by Gasteiger charge is 2.56. The molecular weight excluding hydrogens is 612 g/mol. The first-order chi connectivity index (χ1) is 21.6. The van der Waals surface area contributed by atoms with Crippen LogP contribution in [0.1, 0.15) is 33.1 Å². The van der Waals surface area contributed by atoms with Crippen LogP contribution >= 0.6 is 11.6 Å². The third-order valence-electron chi connectivity index (χ3n) is 9.14. The molecule has 4 fully saturated rings. The number of hydrogen-bond donors (Lipinski definition) is 1. The van der Waals surface area contributed by atoms with Crippen molar-refractivity contribution >= 4 is 34.0 Å². The minimum absolute atomic E-state index is 0.0269. The molecule has 7 nitrogen and oxygen atoms in total. The molecular formula is C30H30ClF6N5O2. The van der Waals surface area contributed by atoms with Gasteiger partial charge in [0.25, 0.3) is 0 Å². The van der Waals surface area contributed by atoms with E-state index in [1.54, 1.807) is 9.80 Å². The third-order valence-corrected chi connectivity index (χ3v) is 9.44. The van der Waals surface area contributed by atoms with Crippen LogP contribution in [0.2, 0.25) is 5.02 Å². The van der Waals surface area contributed by atoms with Gasteiger partial charge in [-0.15, -0.1) is 0 Å². The van der Waals surface area contributed by atoms with Crippen molar-refractivity contribution in [1.29, 1.82) is 0 Å². The molecule has 5 atom stereocenters. The molecule has 2 aromatic carbocycles. The summed E-state index contributed by atoms with van der Waals surface area (Å²) < 4.78 is 118. The average molecular weight is 644 g/mol. The van der Waals surface area contributed by atoms with Gasteiger partial charge in [-0.05, 0) is 50.1 Å². The largest absolute Gasteiger partial charge is 0.461 e. The number of rotatable bonds is 5. The SMILES string of the molecule is [2H]C([2H])(Oc1nc(N2CCOC[C@@H]3[C@@H](F)[C@@H]32)c2cc(Cl)c(-c3cc(N)cc(C)c3C(F)(F)F)c(F)c2n1)[C@@]12CCCN1C[C@H](F)C2. The molecule has 3 saturated heterocycles. The van der Waals surface area contributed by atoms with Crippen molar-refractivity contribution in [2.45, 2.75) is 56.3 Å². The van der Waals surface area contributed by atoms with Gasteiger partial charge in [-0.25, -0.2) is 13.2 Å². The van der Waals surface area contributed by atoms with E-state index in [0.29, 0.717) is 19.4 Å². The fourth-order valence-electron chi connectivity index (χ4n) is 7.15. The summed E-state index contributed by atoms with van der Waals surface area (Å²) >= 11 is 6.54. The van der Waals surface area contributed by atoms with E-state index in [0.717, 1.165) is 12.1 Å². The molecule has 0 radical (unpaired) electrons. The smallest absolute Gasteiger partial charge is 0.417 e. The van der Waals surface area contributed by atoms with Gasteiger partial charge in [-0.2, -0.15) is 23.1 Å². The molecule has 0 unspecified atom stereocenters. The summed E-state index contributed by atoms with van der Waals surface area (Å²) in [6.45, 7) is -0.435. The number of alkyl halides is 5. The number of aryl methyl sites for hydroxylation is 1. The normalized spacial score (nSPS) is 29.7. The molecule has 0 amide bonds. The second kappa shape index (κ2) is 10.5. The maximum absolute atomic E-state index is 16.7. The molecule has 44 heavy (non-hydrogen) atoms. The third kappa shape index (κ3) is 4.82. The summed E-state index contributed by atoms with van der Waals surface area (Å²) in [4.78, 5) is 11.8. The Labute approximate surface area is 257 Å². The molecule has 236 valence electrons. The van der Waals surface area contributed by atoms with Crippen LogP contribution in [-0.2, 0) is 10.9 Å². The first-order valence-corrected chi connectivity index (χ1v) is 14.7. The first kappa shape index (κ1) is 27.3. The van der Waals surface area contributed by atoms with E-state index in [2.05, 4.69) is 9.97 Å². The van der Waals surface area contributed by atoms with Crippen molar-refractivity contribution < 1.29 is 38.6 Å². The Bertz CT molecular complexity index is 1730. The van der Waals surface area contributed by atoms with Gasteiger partial charge < -0.3 is 20.1 Å². The summed E-state index contributed by atoms with van der Waals surface area (Å²) in [6.07, 6.45) is -6.72. The molecule has 1 aliphatic carbocycles. The van der Waals surface area contributed by atoms with Crippen LogP contribution < -0.4 is 15.4 Å². The van der Waals surface area contributed by atoms with E-state index in [9.17, 15) is 22.0 Å². The van der Waals surface area contributed by atoms with Gasteiger partial charge in [0.05, 0.1) is 38.1 Å². The summed E-state index contributed by atoms with van der Waals surface area (Å²) in [5.74, 6) is -1.80. The van der Waals surface area contributed by atoms with Crippen LogP contribution in [0.5, 0.6) is 6.01 Å². The Morgan fingerprint density at radius 1 is 1.23 bits per heavy atom. The standard InChI is InChI=1S/C30H30ClF6N5O2/c1-14-7-16(38)8-17(22(14)30(35,36)37)21-20(31)9-18-25(24(21)34)39-28(44-13-29-3-2-4-41(29)11-15(32)10-29)40-27(18)42-5-6-43-12-19-23(33)26(19)42/h7-9,15,19,23,26H,2-6,10-13,38H2,1H3/t15-,19-,23-,26-,29+/m1/s1/i13D2. The Balaban J connectivity index is 1.43. The minimum Gasteiger partial charge on any atom is -0.461 e. The summed E-state index contributed by atoms with van der Waals surface area (Å²) in [6, 6.07) is 1.96. The van der Waals surface area contributed by atoms with Gasteiger partial charge in [0.1, 0.15) is 30.2 Å². The molecule has 4 heterocycles. The Morgan fingerprint density at radius 3 is 2.80 bits per heavy atom. The molecule has 7 rings (SSSR count). The summed E-state index contributed by atoms with van der Waals surface area (Å²) in [5, 5.41) is -0.441. The fraction of sp³-hybridized carbons (Fsp3) is 0.533. The van der Waals surface area contributed by atoms with Gasteiger partial charge >= 0.3 is 12.2 Å². The lowest BCUT2D eigenvalue weighted by Gasteiger charge is -2.31. The van der Waals surface area contributed by atoms with Crippen molar-refractivity contribution in [3.05, 3.63) is 40.2 Å². The molecule has 14 heteroatoms. The van der Waals surface area contributed by atoms with Crippen LogP contribution in [0, 0.1) is 18.7 Å². The lowest BCUT2D eigenvalue weighted by atomic mass is 9.93. The van der Waals surface area contributed by atoms with Crippen LogP contribution in [0.25, 0.3) is 22.0 Å². The average Bonchev–Trinajstić information content (AvgIpc) is 3.30. The number of hydrogen-bond acceptors (Lipinski definition) is 7. The molecule has 1 aromatic heterocycles. The van der Waals surface area contributed by atoms with Crippen molar-refractivity contribution in [2.24, 2.45) is 5.92 Å². The number of anilines is 2. The van der Waals surface area contributed by atoms with Gasteiger partial charge in [0.2, 0.25) is 0 Å². The van der Waals surface area contributed by atoms with Crippen molar-refractivity contribution in [3.63, 3.8) is 0 Å². The molecule has 4 aliphatic rings. The van der Waals surface area contributed by atoms with Gasteiger partial charge in [-0.3, -0.25) is 4.90 Å². The predicted molar refractivity (Wildman–Crippen MR) is 153 cm³/mol. The lowest BCUT2D eigenvalue weighted by Crippen LogP contribution is -2.43. The van der Waals surface area contributed by atoms with Crippen LogP contribution in [0.4, 0.5) is 37.8 Å². The monoisotopic (exact) mass is 643 g/mol. The Morgan fingerprint density at radius 2 is 2.02 bits per heavy atom. The zero-order valence-corrected chi connectivity index (χ0v) is 24.3. The Hall–Kier alpha value is -3.03. The Kier molecular flexibility index (Phi) is 6.52. The lowest BCUT2D eigenvalue weighted by molar-refractivity contribution is -0.137. The fourth-order valence-corrected chi connectivity index (χ4v) is 7.44. The van der Waals surface area contributed by atoms with E-state index in [-0.39, 0.29) is 55.2 Å². The number of benzene rings is 2. The van der Waals surface area contributed by atoms with Crippen LogP contribution in [0.15, 0.2) is 18.2 Å². The van der Waals surface area contributed by atoms with Gasteiger partial charge in [0.15, 0.2) is 5.82 Å². The number of nitrogens with zero attached hydrogens (tertiary/aromatic N) is 4. The topological polar surface area (TPSA) is 76.7 Å². The molecule has 2 N–H and O–H groups in total. The number of aromatic nitrogens is 2. The molecule has 3 aliphatic heterocycles. The zero-order valence-electron chi connectivity index (χ0n) is 25.5. The molecule has 0 bridgehead atoms. The summed E-state index contributed by atoms with van der Waals surface area (Å²) in [5.41, 5.74) is 1.35. The minimum atomic E-state index is -4.90. The van der Waals surface area contributed by atoms with Gasteiger partial charge in [-0.1, -0.05) is 11.6 Å². The van der Waals surface area contributed by atoms with E-state index < -0.39 is 81.6 Å². The number of halogens is 7. The van der Waals surface area contributed by atoms with Crippen LogP contribution in [-0.4, -0.2) is 78.2 Å². The van der Waals surface area contributed by atoms with E-state index in [1.165, 1.54) is 13.0 Å². The number of nitrogens with two attached hydrogens (primary N) is 1. The van der Waals surface area contributed by atoms with Crippen molar-refractivity contribution in [1.82, 2.24) is 14.9 Å². The van der Waals surface area contributed by atoms with Crippen LogP contribution in [0.3, 0.4) is 0 Å². The zero-order chi connectivity index (χ0) is 32.9. The van der Waals surface area contributed by atoms with E-state index >= 15 is 4.39 Å². The molecule has 3 aromatic rings. The highest BCUT2D eigenvalue weighted by molar-refractivity contribution is 6.34. The first-order valence-electron chi connectivity index (χ1n) is 15.4. The molecule has 0 spiro atoms. The number of ether oxygens (including phenoxy) is 2. The van der Waals surface area contributed by atoms with Crippen molar-refractivity contribution in [3.8, 4) is 17.1 Å². The summed E-state index contributed by atoms with van der Waals surface area (Å²) in [7, 11) is 0. The highest BCUT2D eigenvalue weighted by atomic mass is 35.5. The predicted octanol–water partition coefficient (Wildman–Crippen LogP) is 6.13. The van der Waals surface area contributed by atoms with Gasteiger partial charge in [0, 0.05) is 47.6 Å².